The minimum atomic E-state index is 0.0221. The fourth-order valence-corrected chi connectivity index (χ4v) is 3.24. The van der Waals surface area contributed by atoms with Crippen LogP contribution in [-0.4, -0.2) is 50.8 Å². The summed E-state index contributed by atoms with van der Waals surface area (Å²) in [6.45, 7) is 5.56. The number of thiophene rings is 1. The molecule has 0 N–H and O–H groups in total. The van der Waals surface area contributed by atoms with Gasteiger partial charge in [-0.05, 0) is 41.4 Å². The summed E-state index contributed by atoms with van der Waals surface area (Å²) in [6.07, 6.45) is 0. The molecule has 1 heterocycles. The summed E-state index contributed by atoms with van der Waals surface area (Å²) < 4.78 is 11.2. The normalized spacial score (nSPS) is 12.5. The van der Waals surface area contributed by atoms with Crippen LogP contribution in [0.3, 0.4) is 0 Å². The first-order valence-electron chi connectivity index (χ1n) is 6.06. The lowest BCUT2D eigenvalue weighted by molar-refractivity contribution is 0.0484. The lowest BCUT2D eigenvalue weighted by atomic mass is 10.2. The number of carbonyl (C=O) groups is 1. The van der Waals surface area contributed by atoms with Crippen LogP contribution in [0.1, 0.15) is 22.2 Å². The van der Waals surface area contributed by atoms with Gasteiger partial charge in [0.15, 0.2) is 0 Å². The number of aryl methyl sites for hydroxylation is 1. The van der Waals surface area contributed by atoms with E-state index in [0.29, 0.717) is 19.8 Å². The number of rotatable bonds is 7. The fraction of sp³-hybridized carbons (Fsp3) is 0.615. The Morgan fingerprint density at radius 2 is 2.16 bits per heavy atom. The Hall–Kier alpha value is -0.430. The third-order valence-electron chi connectivity index (χ3n) is 2.81. The minimum Gasteiger partial charge on any atom is -0.383 e. The first kappa shape index (κ1) is 16.6. The van der Waals surface area contributed by atoms with Crippen LogP contribution in [0.4, 0.5) is 0 Å². The zero-order valence-electron chi connectivity index (χ0n) is 11.7. The van der Waals surface area contributed by atoms with E-state index in [0.717, 1.165) is 14.2 Å². The first-order chi connectivity index (χ1) is 9.01. The number of methoxy groups -OCH3 is 2. The zero-order valence-corrected chi connectivity index (χ0v) is 14.1. The van der Waals surface area contributed by atoms with Gasteiger partial charge in [0.1, 0.15) is 0 Å². The van der Waals surface area contributed by atoms with Gasteiger partial charge in [0.25, 0.3) is 5.91 Å². The summed E-state index contributed by atoms with van der Waals surface area (Å²) in [5, 5.41) is 0. The molecule has 108 valence electrons. The smallest absolute Gasteiger partial charge is 0.264 e. The fourth-order valence-electron chi connectivity index (χ4n) is 1.75. The number of amides is 1. The van der Waals surface area contributed by atoms with Crippen molar-refractivity contribution in [3.8, 4) is 0 Å². The molecule has 0 radical (unpaired) electrons. The first-order valence-corrected chi connectivity index (χ1v) is 7.67. The van der Waals surface area contributed by atoms with Crippen molar-refractivity contribution in [3.05, 3.63) is 20.3 Å². The standard InChI is InChI=1S/C13H20BrNO3S/c1-9-7-11(19-12(9)14)13(16)15(5-6-17-3)10(2)8-18-4/h7,10H,5-6,8H2,1-4H3. The predicted octanol–water partition coefficient (Wildman–Crippen LogP) is 2.94. The van der Waals surface area contributed by atoms with Gasteiger partial charge in [-0.25, -0.2) is 0 Å². The van der Waals surface area contributed by atoms with E-state index in [2.05, 4.69) is 15.9 Å². The lowest BCUT2D eigenvalue weighted by Gasteiger charge is -2.28. The Balaban J connectivity index is 2.86. The molecule has 1 aromatic heterocycles. The molecule has 0 aromatic carbocycles. The Morgan fingerprint density at radius 3 is 2.63 bits per heavy atom. The second kappa shape index (κ2) is 7.99. The van der Waals surface area contributed by atoms with Crippen LogP contribution in [-0.2, 0) is 9.47 Å². The topological polar surface area (TPSA) is 38.8 Å². The summed E-state index contributed by atoms with van der Waals surface area (Å²) in [6, 6.07) is 1.94. The molecule has 0 spiro atoms. The number of halogens is 1. The van der Waals surface area contributed by atoms with Crippen molar-refractivity contribution >= 4 is 33.2 Å². The van der Waals surface area contributed by atoms with Gasteiger partial charge in [-0.3, -0.25) is 4.79 Å². The van der Waals surface area contributed by atoms with Crippen molar-refractivity contribution in [2.45, 2.75) is 19.9 Å². The molecule has 0 saturated heterocycles. The molecule has 1 rings (SSSR count). The number of hydrogen-bond acceptors (Lipinski definition) is 4. The molecule has 1 atom stereocenters. The largest absolute Gasteiger partial charge is 0.383 e. The van der Waals surface area contributed by atoms with Crippen molar-refractivity contribution in [2.75, 3.05) is 34.0 Å². The quantitative estimate of drug-likeness (QED) is 0.759. The number of nitrogens with zero attached hydrogens (tertiary/aromatic N) is 1. The highest BCUT2D eigenvalue weighted by Crippen LogP contribution is 2.28. The van der Waals surface area contributed by atoms with Crippen LogP contribution in [0.15, 0.2) is 9.85 Å². The zero-order chi connectivity index (χ0) is 14.4. The van der Waals surface area contributed by atoms with Gasteiger partial charge < -0.3 is 14.4 Å². The molecule has 0 bridgehead atoms. The van der Waals surface area contributed by atoms with E-state index in [1.54, 1.807) is 19.1 Å². The summed E-state index contributed by atoms with van der Waals surface area (Å²) in [5.74, 6) is 0.0281. The lowest BCUT2D eigenvalue weighted by Crippen LogP contribution is -2.42. The Bertz CT molecular complexity index is 403. The molecule has 0 saturated carbocycles. The SMILES string of the molecule is COCCN(C(=O)c1cc(C)c(Br)s1)C(C)COC. The number of ether oxygens (including phenoxy) is 2. The van der Waals surface area contributed by atoms with E-state index in [9.17, 15) is 4.79 Å². The van der Waals surface area contributed by atoms with Gasteiger partial charge in [0, 0.05) is 20.8 Å². The third-order valence-corrected chi connectivity index (χ3v) is 4.93. The van der Waals surface area contributed by atoms with E-state index >= 15 is 0 Å². The second-order valence-electron chi connectivity index (χ2n) is 4.36. The highest BCUT2D eigenvalue weighted by Gasteiger charge is 2.23. The highest BCUT2D eigenvalue weighted by molar-refractivity contribution is 9.11. The van der Waals surface area contributed by atoms with Crippen molar-refractivity contribution < 1.29 is 14.3 Å². The van der Waals surface area contributed by atoms with E-state index in [1.165, 1.54) is 11.3 Å². The van der Waals surface area contributed by atoms with E-state index < -0.39 is 0 Å². The van der Waals surface area contributed by atoms with Crippen LogP contribution < -0.4 is 0 Å². The van der Waals surface area contributed by atoms with E-state index in [4.69, 9.17) is 9.47 Å². The molecule has 0 aliphatic rings. The van der Waals surface area contributed by atoms with Crippen LogP contribution in [0.2, 0.25) is 0 Å². The molecule has 6 heteroatoms. The van der Waals surface area contributed by atoms with E-state index in [-0.39, 0.29) is 11.9 Å². The van der Waals surface area contributed by atoms with Gasteiger partial charge in [0.2, 0.25) is 0 Å². The summed E-state index contributed by atoms with van der Waals surface area (Å²) in [4.78, 5) is 15.1. The second-order valence-corrected chi connectivity index (χ2v) is 6.73. The highest BCUT2D eigenvalue weighted by atomic mass is 79.9. The maximum Gasteiger partial charge on any atom is 0.264 e. The van der Waals surface area contributed by atoms with Crippen molar-refractivity contribution in [1.29, 1.82) is 0 Å². The van der Waals surface area contributed by atoms with Gasteiger partial charge >= 0.3 is 0 Å². The van der Waals surface area contributed by atoms with E-state index in [1.807, 2.05) is 19.9 Å². The molecule has 1 aromatic rings. The Labute approximate surface area is 126 Å². The van der Waals surface area contributed by atoms with Gasteiger partial charge in [0.05, 0.1) is 27.9 Å². The maximum atomic E-state index is 12.5. The van der Waals surface area contributed by atoms with Crippen molar-refractivity contribution in [2.24, 2.45) is 0 Å². The molecule has 19 heavy (non-hydrogen) atoms. The van der Waals surface area contributed by atoms with Crippen molar-refractivity contribution in [3.63, 3.8) is 0 Å². The molecule has 4 nitrogen and oxygen atoms in total. The predicted molar refractivity (Wildman–Crippen MR) is 81.0 cm³/mol. The summed E-state index contributed by atoms with van der Waals surface area (Å²) in [5.41, 5.74) is 1.08. The van der Waals surface area contributed by atoms with Gasteiger partial charge in [-0.2, -0.15) is 0 Å². The van der Waals surface area contributed by atoms with Crippen LogP contribution >= 0.6 is 27.3 Å². The molecule has 0 aliphatic carbocycles. The molecular formula is C13H20BrNO3S. The van der Waals surface area contributed by atoms with Crippen LogP contribution in [0, 0.1) is 6.92 Å². The van der Waals surface area contributed by atoms with Gasteiger partial charge in [-0.15, -0.1) is 11.3 Å². The summed E-state index contributed by atoms with van der Waals surface area (Å²) >= 11 is 4.92. The average Bonchev–Trinajstić information content (AvgIpc) is 2.70. The maximum absolute atomic E-state index is 12.5. The Morgan fingerprint density at radius 1 is 1.47 bits per heavy atom. The molecular weight excluding hydrogens is 330 g/mol. The summed E-state index contributed by atoms with van der Waals surface area (Å²) in [7, 11) is 3.27. The molecule has 1 unspecified atom stereocenters. The monoisotopic (exact) mass is 349 g/mol. The van der Waals surface area contributed by atoms with Crippen molar-refractivity contribution in [1.82, 2.24) is 4.90 Å². The number of carbonyl (C=O) groups excluding carboxylic acids is 1. The average molecular weight is 350 g/mol. The van der Waals surface area contributed by atoms with Crippen LogP contribution in [0.5, 0.6) is 0 Å². The minimum absolute atomic E-state index is 0.0221. The molecule has 1 amide bonds. The van der Waals surface area contributed by atoms with Gasteiger partial charge in [-0.1, -0.05) is 0 Å². The Kier molecular flexibility index (Phi) is 6.99. The molecule has 0 fully saturated rings. The third kappa shape index (κ3) is 4.56. The van der Waals surface area contributed by atoms with Crippen LogP contribution in [0.25, 0.3) is 0 Å². The number of hydrogen-bond donors (Lipinski definition) is 0. The molecule has 0 aliphatic heterocycles.